The molecule has 0 saturated carbocycles. The number of aliphatic hydroxyl groups is 2. The van der Waals surface area contributed by atoms with Crippen molar-refractivity contribution >= 4 is 24.8 Å². The summed E-state index contributed by atoms with van der Waals surface area (Å²) in [7, 11) is -3.78. The third-order valence-electron chi connectivity index (χ3n) is 4.85. The van der Waals surface area contributed by atoms with Gasteiger partial charge in [-0.2, -0.15) is 0 Å². The highest BCUT2D eigenvalue weighted by Gasteiger charge is 2.54. The molecule has 2 aromatic rings. The Balaban J connectivity index is 1.86. The van der Waals surface area contributed by atoms with Crippen molar-refractivity contribution in [2.75, 3.05) is 32.2 Å². The standard InChI is InChI=1S/C16H26N5O7P/c1-4-25-29(24,26-5-2)27-6-10-12(23)16(3,7-22)15(28-10)21-9-20-11-13(17)18-8-19-14(11)21/h8-10,12,15,22-23H,4-7H2,1-3H3,(H2,17,18,19)/t10-,12-,15-,16-/m1/s1. The summed E-state index contributed by atoms with van der Waals surface area (Å²) in [5.74, 6) is 0.201. The molecule has 0 aromatic carbocycles. The van der Waals surface area contributed by atoms with Crippen LogP contribution in [0, 0.1) is 5.41 Å². The van der Waals surface area contributed by atoms with Gasteiger partial charge in [0.2, 0.25) is 0 Å². The zero-order valence-corrected chi connectivity index (χ0v) is 17.4. The molecule has 3 rings (SSSR count). The van der Waals surface area contributed by atoms with Gasteiger partial charge in [-0.3, -0.25) is 18.1 Å². The van der Waals surface area contributed by atoms with Crippen LogP contribution in [0.4, 0.5) is 5.82 Å². The Morgan fingerprint density at radius 2 is 1.97 bits per heavy atom. The number of nitrogen functional groups attached to an aromatic ring is 1. The van der Waals surface area contributed by atoms with Crippen LogP contribution in [-0.2, 0) is 22.9 Å². The van der Waals surface area contributed by atoms with Crippen molar-refractivity contribution in [3.05, 3.63) is 12.7 Å². The van der Waals surface area contributed by atoms with Crippen LogP contribution in [0.2, 0.25) is 0 Å². The van der Waals surface area contributed by atoms with Crippen LogP contribution in [0.3, 0.4) is 0 Å². The van der Waals surface area contributed by atoms with E-state index in [-0.39, 0.29) is 25.6 Å². The molecule has 162 valence electrons. The highest BCUT2D eigenvalue weighted by Crippen LogP contribution is 2.51. The summed E-state index contributed by atoms with van der Waals surface area (Å²) >= 11 is 0. The molecule has 0 bridgehead atoms. The molecular weight excluding hydrogens is 405 g/mol. The Hall–Kier alpha value is -1.66. The van der Waals surface area contributed by atoms with Crippen LogP contribution in [0.1, 0.15) is 27.0 Å². The number of hydrogen-bond acceptors (Lipinski definition) is 11. The minimum absolute atomic E-state index is 0.129. The van der Waals surface area contributed by atoms with E-state index in [1.54, 1.807) is 25.3 Å². The van der Waals surface area contributed by atoms with Gasteiger partial charge in [0, 0.05) is 0 Å². The second-order valence-electron chi connectivity index (χ2n) is 6.80. The minimum Gasteiger partial charge on any atom is -0.396 e. The Morgan fingerprint density at radius 1 is 1.28 bits per heavy atom. The normalized spacial score (nSPS) is 27.7. The summed E-state index contributed by atoms with van der Waals surface area (Å²) in [5.41, 5.74) is 5.48. The Labute approximate surface area is 167 Å². The van der Waals surface area contributed by atoms with Gasteiger partial charge in [0.15, 0.2) is 11.5 Å². The first-order valence-electron chi connectivity index (χ1n) is 9.20. The SMILES string of the molecule is CCOP(=O)(OCC)OC[C@H]1O[C@@H](n2cnc3c(N)ncnc32)[C@](C)(CO)[C@@H]1O. The number of anilines is 1. The Kier molecular flexibility index (Phi) is 6.54. The molecule has 4 N–H and O–H groups in total. The van der Waals surface area contributed by atoms with Crippen molar-refractivity contribution in [3.8, 4) is 0 Å². The van der Waals surface area contributed by atoms with Gasteiger partial charge in [-0.05, 0) is 13.8 Å². The summed E-state index contributed by atoms with van der Waals surface area (Å²) in [6.45, 7) is 4.57. The summed E-state index contributed by atoms with van der Waals surface area (Å²) in [6, 6.07) is 0. The number of imidazole rings is 1. The van der Waals surface area contributed by atoms with Gasteiger partial charge in [0.25, 0.3) is 0 Å². The van der Waals surface area contributed by atoms with Crippen molar-refractivity contribution in [1.82, 2.24) is 19.5 Å². The van der Waals surface area contributed by atoms with Crippen molar-refractivity contribution in [2.45, 2.75) is 39.2 Å². The highest BCUT2D eigenvalue weighted by atomic mass is 31.2. The fraction of sp³-hybridized carbons (Fsp3) is 0.688. The number of aliphatic hydroxyl groups excluding tert-OH is 2. The average molecular weight is 431 g/mol. The zero-order chi connectivity index (χ0) is 21.2. The van der Waals surface area contributed by atoms with Crippen molar-refractivity contribution < 1.29 is 33.1 Å². The summed E-state index contributed by atoms with van der Waals surface area (Å²) in [4.78, 5) is 12.3. The molecular formula is C16H26N5O7P. The quantitative estimate of drug-likeness (QED) is 0.482. The van der Waals surface area contributed by atoms with E-state index in [4.69, 9.17) is 24.0 Å². The number of aromatic nitrogens is 4. The highest BCUT2D eigenvalue weighted by molar-refractivity contribution is 7.48. The van der Waals surface area contributed by atoms with Gasteiger partial charge in [0.1, 0.15) is 24.2 Å². The zero-order valence-electron chi connectivity index (χ0n) is 16.5. The maximum Gasteiger partial charge on any atom is 0.474 e. The van der Waals surface area contributed by atoms with E-state index < -0.39 is 38.3 Å². The van der Waals surface area contributed by atoms with Gasteiger partial charge in [0.05, 0.1) is 44.3 Å². The lowest BCUT2D eigenvalue weighted by atomic mass is 9.83. The molecule has 0 aliphatic carbocycles. The fourth-order valence-electron chi connectivity index (χ4n) is 3.29. The van der Waals surface area contributed by atoms with Gasteiger partial charge in [-0.1, -0.05) is 6.92 Å². The number of phosphoric ester groups is 1. The van der Waals surface area contributed by atoms with Gasteiger partial charge in [-0.25, -0.2) is 19.5 Å². The van der Waals surface area contributed by atoms with Crippen LogP contribution in [0.25, 0.3) is 11.2 Å². The summed E-state index contributed by atoms with van der Waals surface area (Å²) in [6.07, 6.45) is -0.156. The first-order chi connectivity index (χ1) is 13.8. The number of ether oxygens (including phenoxy) is 1. The largest absolute Gasteiger partial charge is 0.474 e. The molecule has 13 heteroatoms. The third kappa shape index (κ3) is 4.02. The first-order valence-corrected chi connectivity index (χ1v) is 10.7. The molecule has 0 spiro atoms. The van der Waals surface area contributed by atoms with E-state index in [1.807, 2.05) is 0 Å². The molecule has 1 aliphatic heterocycles. The average Bonchev–Trinajstić information content (AvgIpc) is 3.22. The van der Waals surface area contributed by atoms with Crippen LogP contribution in [-0.4, -0.2) is 68.4 Å². The summed E-state index contributed by atoms with van der Waals surface area (Å²) in [5, 5.41) is 20.9. The fourth-order valence-corrected chi connectivity index (χ4v) is 4.47. The molecule has 1 fully saturated rings. The lowest BCUT2D eigenvalue weighted by molar-refractivity contribution is -0.0602. The number of hydrogen-bond donors (Lipinski definition) is 3. The lowest BCUT2D eigenvalue weighted by Crippen LogP contribution is -2.41. The Bertz CT molecular complexity index is 886. The van der Waals surface area contributed by atoms with Crippen LogP contribution >= 0.6 is 7.82 Å². The number of nitrogens with two attached hydrogens (primary N) is 1. The van der Waals surface area contributed by atoms with E-state index in [2.05, 4.69) is 15.0 Å². The monoisotopic (exact) mass is 431 g/mol. The number of fused-ring (bicyclic) bond motifs is 1. The van der Waals surface area contributed by atoms with E-state index in [1.165, 1.54) is 12.7 Å². The molecule has 1 aliphatic rings. The van der Waals surface area contributed by atoms with Crippen molar-refractivity contribution in [1.29, 1.82) is 0 Å². The molecule has 0 radical (unpaired) electrons. The topological polar surface area (TPSA) is 164 Å². The molecule has 29 heavy (non-hydrogen) atoms. The number of phosphoric acid groups is 1. The van der Waals surface area contributed by atoms with Crippen LogP contribution in [0.15, 0.2) is 12.7 Å². The van der Waals surface area contributed by atoms with Crippen LogP contribution < -0.4 is 5.73 Å². The van der Waals surface area contributed by atoms with Crippen LogP contribution in [0.5, 0.6) is 0 Å². The molecule has 1 saturated heterocycles. The third-order valence-corrected chi connectivity index (χ3v) is 6.46. The summed E-state index contributed by atoms with van der Waals surface area (Å²) < 4.78 is 35.6. The smallest absolute Gasteiger partial charge is 0.396 e. The van der Waals surface area contributed by atoms with E-state index in [9.17, 15) is 14.8 Å². The van der Waals surface area contributed by atoms with E-state index in [0.29, 0.717) is 11.2 Å². The molecule has 0 amide bonds. The maximum absolute atomic E-state index is 12.5. The number of rotatable bonds is 9. The first kappa shape index (κ1) is 22.0. The molecule has 0 unspecified atom stereocenters. The molecule has 2 aromatic heterocycles. The predicted molar refractivity (Wildman–Crippen MR) is 102 cm³/mol. The predicted octanol–water partition coefficient (Wildman–Crippen LogP) is 0.863. The second kappa shape index (κ2) is 8.60. The van der Waals surface area contributed by atoms with Gasteiger partial charge >= 0.3 is 7.82 Å². The van der Waals surface area contributed by atoms with Gasteiger partial charge < -0.3 is 20.7 Å². The van der Waals surface area contributed by atoms with Gasteiger partial charge in [-0.15, -0.1) is 0 Å². The second-order valence-corrected chi connectivity index (χ2v) is 8.47. The minimum atomic E-state index is -3.78. The van der Waals surface area contributed by atoms with Crippen molar-refractivity contribution in [2.24, 2.45) is 5.41 Å². The van der Waals surface area contributed by atoms with Crippen molar-refractivity contribution in [3.63, 3.8) is 0 Å². The Morgan fingerprint density at radius 3 is 2.59 bits per heavy atom. The lowest BCUT2D eigenvalue weighted by Gasteiger charge is -2.31. The maximum atomic E-state index is 12.5. The molecule has 12 nitrogen and oxygen atoms in total. The molecule has 4 atom stereocenters. The van der Waals surface area contributed by atoms with E-state index in [0.717, 1.165) is 0 Å². The molecule has 3 heterocycles. The van der Waals surface area contributed by atoms with E-state index >= 15 is 0 Å². The number of nitrogens with zero attached hydrogens (tertiary/aromatic N) is 4.